The maximum Gasteiger partial charge on any atom is 0.237 e. The predicted molar refractivity (Wildman–Crippen MR) is 81.2 cm³/mol. The lowest BCUT2D eigenvalue weighted by molar-refractivity contribution is 0.398. The topological polar surface area (TPSA) is 34.1 Å². The van der Waals surface area contributed by atoms with Gasteiger partial charge in [-0.3, -0.25) is 0 Å². The first-order valence-electron chi connectivity index (χ1n) is 7.14. The molecule has 0 fully saturated rings. The van der Waals surface area contributed by atoms with E-state index in [1.807, 2.05) is 12.1 Å². The molecule has 20 heavy (non-hydrogen) atoms. The van der Waals surface area contributed by atoms with Gasteiger partial charge in [0.15, 0.2) is 0 Å². The van der Waals surface area contributed by atoms with E-state index in [1.54, 1.807) is 13.3 Å². The van der Waals surface area contributed by atoms with Crippen molar-refractivity contribution in [1.29, 1.82) is 0 Å². The van der Waals surface area contributed by atoms with Crippen LogP contribution in [0.1, 0.15) is 42.9 Å². The highest BCUT2D eigenvalue weighted by Crippen LogP contribution is 2.39. The van der Waals surface area contributed by atoms with Gasteiger partial charge in [0.1, 0.15) is 0 Å². The molecule has 0 spiro atoms. The van der Waals surface area contributed by atoms with Crippen LogP contribution >= 0.6 is 0 Å². The number of rotatable bonds is 3. The molecule has 3 nitrogen and oxygen atoms in total. The second-order valence-electron chi connectivity index (χ2n) is 5.36. The van der Waals surface area contributed by atoms with Gasteiger partial charge in [0.2, 0.25) is 5.88 Å². The Hall–Kier alpha value is -2.03. The summed E-state index contributed by atoms with van der Waals surface area (Å²) in [5, 5.41) is 3.59. The minimum atomic E-state index is 0.334. The molecule has 2 atom stereocenters. The highest BCUT2D eigenvalue weighted by atomic mass is 16.5. The van der Waals surface area contributed by atoms with E-state index >= 15 is 0 Å². The number of anilines is 1. The van der Waals surface area contributed by atoms with Crippen LogP contribution < -0.4 is 10.1 Å². The first-order valence-corrected chi connectivity index (χ1v) is 7.14. The fraction of sp³-hybridized carbons (Fsp3) is 0.353. The average molecular weight is 268 g/mol. The minimum absolute atomic E-state index is 0.334. The number of aromatic nitrogens is 1. The maximum atomic E-state index is 5.32. The molecule has 3 rings (SSSR count). The molecule has 3 heteroatoms. The fourth-order valence-corrected chi connectivity index (χ4v) is 3.01. The summed E-state index contributed by atoms with van der Waals surface area (Å²) in [5.41, 5.74) is 3.82. The molecule has 0 bridgehead atoms. The van der Waals surface area contributed by atoms with Crippen LogP contribution in [0.5, 0.6) is 5.88 Å². The Morgan fingerprint density at radius 3 is 2.70 bits per heavy atom. The smallest absolute Gasteiger partial charge is 0.237 e. The quantitative estimate of drug-likeness (QED) is 0.908. The summed E-state index contributed by atoms with van der Waals surface area (Å²) in [6.07, 6.45) is 4.09. The monoisotopic (exact) mass is 268 g/mol. The van der Waals surface area contributed by atoms with Crippen molar-refractivity contribution < 1.29 is 4.74 Å². The lowest BCUT2D eigenvalue weighted by Crippen LogP contribution is -2.19. The summed E-state index contributed by atoms with van der Waals surface area (Å²) in [6, 6.07) is 13.0. The molecule has 1 heterocycles. The van der Waals surface area contributed by atoms with Crippen LogP contribution in [0.3, 0.4) is 0 Å². The predicted octanol–water partition coefficient (Wildman–Crippen LogP) is 4.14. The van der Waals surface area contributed by atoms with Gasteiger partial charge in [-0.05, 0) is 42.0 Å². The third kappa shape index (κ3) is 2.36. The highest BCUT2D eigenvalue weighted by Gasteiger charge is 2.24. The Kier molecular flexibility index (Phi) is 3.59. The summed E-state index contributed by atoms with van der Waals surface area (Å²) in [7, 11) is 1.66. The van der Waals surface area contributed by atoms with Crippen LogP contribution in [0.2, 0.25) is 0 Å². The van der Waals surface area contributed by atoms with Crippen molar-refractivity contribution in [1.82, 2.24) is 4.98 Å². The number of pyridine rings is 1. The van der Waals surface area contributed by atoms with Crippen molar-refractivity contribution in [2.45, 2.75) is 31.7 Å². The van der Waals surface area contributed by atoms with E-state index in [4.69, 9.17) is 4.74 Å². The van der Waals surface area contributed by atoms with Gasteiger partial charge in [-0.1, -0.05) is 31.2 Å². The second kappa shape index (κ2) is 5.53. The van der Waals surface area contributed by atoms with E-state index in [9.17, 15) is 0 Å². The number of nitrogens with one attached hydrogen (secondary N) is 1. The molecular formula is C17H20N2O. The van der Waals surface area contributed by atoms with Crippen molar-refractivity contribution in [3.63, 3.8) is 0 Å². The lowest BCUT2D eigenvalue weighted by atomic mass is 9.81. The summed E-state index contributed by atoms with van der Waals surface area (Å²) >= 11 is 0. The molecule has 104 valence electrons. The number of methoxy groups -OCH3 is 1. The van der Waals surface area contributed by atoms with E-state index in [2.05, 4.69) is 41.5 Å². The van der Waals surface area contributed by atoms with E-state index in [0.717, 1.165) is 12.1 Å². The Morgan fingerprint density at radius 1 is 1.10 bits per heavy atom. The number of ether oxygens (including phenoxy) is 1. The number of nitrogens with zero attached hydrogens (tertiary/aromatic N) is 1. The van der Waals surface area contributed by atoms with E-state index in [-0.39, 0.29) is 0 Å². The van der Waals surface area contributed by atoms with Gasteiger partial charge in [-0.15, -0.1) is 0 Å². The third-order valence-electron chi connectivity index (χ3n) is 4.08. The first-order chi connectivity index (χ1) is 9.79. The SMILES string of the molecule is COc1ncccc1NC1CCC(C)c2ccccc21. The van der Waals surface area contributed by atoms with Gasteiger partial charge in [0.05, 0.1) is 18.8 Å². The molecule has 0 amide bonds. The van der Waals surface area contributed by atoms with E-state index < -0.39 is 0 Å². The normalized spacial score (nSPS) is 21.1. The number of benzene rings is 1. The van der Waals surface area contributed by atoms with Crippen LogP contribution in [0, 0.1) is 0 Å². The minimum Gasteiger partial charge on any atom is -0.480 e. The molecule has 2 unspecified atom stereocenters. The summed E-state index contributed by atoms with van der Waals surface area (Å²) < 4.78 is 5.32. The van der Waals surface area contributed by atoms with Crippen molar-refractivity contribution >= 4 is 5.69 Å². The number of hydrogen-bond acceptors (Lipinski definition) is 3. The van der Waals surface area contributed by atoms with Crippen molar-refractivity contribution in [2.75, 3.05) is 12.4 Å². The molecule has 1 aromatic carbocycles. The Balaban J connectivity index is 1.91. The summed E-state index contributed by atoms with van der Waals surface area (Å²) in [5.74, 6) is 1.30. The second-order valence-corrected chi connectivity index (χ2v) is 5.36. The van der Waals surface area contributed by atoms with Crippen LogP contribution in [0.4, 0.5) is 5.69 Å². The maximum absolute atomic E-state index is 5.32. The number of hydrogen-bond donors (Lipinski definition) is 1. The third-order valence-corrected chi connectivity index (χ3v) is 4.08. The largest absolute Gasteiger partial charge is 0.480 e. The zero-order valence-electron chi connectivity index (χ0n) is 12.0. The van der Waals surface area contributed by atoms with Gasteiger partial charge >= 0.3 is 0 Å². The average Bonchev–Trinajstić information content (AvgIpc) is 2.51. The fourth-order valence-electron chi connectivity index (χ4n) is 3.01. The zero-order valence-corrected chi connectivity index (χ0v) is 12.0. The summed E-state index contributed by atoms with van der Waals surface area (Å²) in [6.45, 7) is 2.31. The van der Waals surface area contributed by atoms with Crippen molar-refractivity contribution in [3.8, 4) is 5.88 Å². The van der Waals surface area contributed by atoms with Gasteiger partial charge in [-0.25, -0.2) is 4.98 Å². The Bertz CT molecular complexity index is 597. The Labute approximate surface area is 120 Å². The van der Waals surface area contributed by atoms with Gasteiger partial charge in [0, 0.05) is 6.20 Å². The van der Waals surface area contributed by atoms with Crippen molar-refractivity contribution in [3.05, 3.63) is 53.7 Å². The molecule has 2 aromatic rings. The first kappa shape index (κ1) is 13.0. The van der Waals surface area contributed by atoms with Crippen LogP contribution in [-0.4, -0.2) is 12.1 Å². The van der Waals surface area contributed by atoms with E-state index in [1.165, 1.54) is 17.5 Å². The highest BCUT2D eigenvalue weighted by molar-refractivity contribution is 5.54. The lowest BCUT2D eigenvalue weighted by Gasteiger charge is -2.31. The molecule has 1 aliphatic rings. The van der Waals surface area contributed by atoms with Crippen LogP contribution in [-0.2, 0) is 0 Å². The zero-order chi connectivity index (χ0) is 13.9. The molecule has 0 saturated heterocycles. The molecule has 0 saturated carbocycles. The molecule has 1 aromatic heterocycles. The molecular weight excluding hydrogens is 248 g/mol. The standard InChI is InChI=1S/C17H20N2O/c1-12-9-10-15(14-7-4-3-6-13(12)14)19-16-8-5-11-18-17(16)20-2/h3-8,11-12,15,19H,9-10H2,1-2H3. The number of fused-ring (bicyclic) bond motifs is 1. The summed E-state index contributed by atoms with van der Waals surface area (Å²) in [4.78, 5) is 4.25. The van der Waals surface area contributed by atoms with Gasteiger partial charge in [0.25, 0.3) is 0 Å². The Morgan fingerprint density at radius 2 is 1.90 bits per heavy atom. The van der Waals surface area contributed by atoms with Crippen LogP contribution in [0.15, 0.2) is 42.6 Å². The van der Waals surface area contributed by atoms with Gasteiger partial charge in [-0.2, -0.15) is 0 Å². The van der Waals surface area contributed by atoms with Gasteiger partial charge < -0.3 is 10.1 Å². The van der Waals surface area contributed by atoms with Crippen molar-refractivity contribution in [2.24, 2.45) is 0 Å². The van der Waals surface area contributed by atoms with Crippen LogP contribution in [0.25, 0.3) is 0 Å². The van der Waals surface area contributed by atoms with E-state index in [0.29, 0.717) is 17.8 Å². The molecule has 1 aliphatic carbocycles. The molecule has 1 N–H and O–H groups in total. The molecule has 0 radical (unpaired) electrons. The molecule has 0 aliphatic heterocycles.